The Morgan fingerprint density at radius 2 is 2.08 bits per heavy atom. The molecule has 140 valence electrons. The van der Waals surface area contributed by atoms with Gasteiger partial charge in [-0.2, -0.15) is 0 Å². The molecule has 26 heavy (non-hydrogen) atoms. The molecule has 0 aliphatic heterocycles. The summed E-state index contributed by atoms with van der Waals surface area (Å²) in [5, 5.41) is 7.04. The number of nitrogens with one attached hydrogen (secondary N) is 2. The number of hydrogen-bond donors (Lipinski definition) is 2. The smallest absolute Gasteiger partial charge is 0.271 e. The molecule has 1 fully saturated rings. The molecule has 2 aromatic rings. The van der Waals surface area contributed by atoms with Gasteiger partial charge in [0.2, 0.25) is 0 Å². The maximum Gasteiger partial charge on any atom is 0.271 e. The van der Waals surface area contributed by atoms with Crippen molar-refractivity contribution >= 4 is 40.6 Å². The van der Waals surface area contributed by atoms with Gasteiger partial charge < -0.3 is 15.2 Å². The average Bonchev–Trinajstić information content (AvgIpc) is 3.39. The summed E-state index contributed by atoms with van der Waals surface area (Å²) in [6.07, 6.45) is 4.14. The van der Waals surface area contributed by atoms with Gasteiger partial charge in [0.1, 0.15) is 5.82 Å². The van der Waals surface area contributed by atoms with Crippen molar-refractivity contribution in [2.75, 3.05) is 12.4 Å². The lowest BCUT2D eigenvalue weighted by Crippen LogP contribution is -2.26. The number of carbonyl (C=O) groups excluding carboxylic acids is 1. The lowest BCUT2D eigenvalue weighted by Gasteiger charge is -2.21. The van der Waals surface area contributed by atoms with Crippen LogP contribution in [0.4, 0.5) is 11.5 Å². The molecule has 0 bridgehead atoms. The van der Waals surface area contributed by atoms with Gasteiger partial charge in [-0.25, -0.2) is 4.98 Å². The summed E-state index contributed by atoms with van der Waals surface area (Å²) in [5.41, 5.74) is 1.24. The first-order valence-corrected chi connectivity index (χ1v) is 9.80. The van der Waals surface area contributed by atoms with Gasteiger partial charge in [-0.05, 0) is 43.4 Å². The summed E-state index contributed by atoms with van der Waals surface area (Å²) in [4.78, 5) is 17.4. The second-order valence-corrected chi connectivity index (χ2v) is 7.43. The third-order valence-corrected chi connectivity index (χ3v) is 5.39. The van der Waals surface area contributed by atoms with Crippen molar-refractivity contribution in [3.8, 4) is 0 Å². The quantitative estimate of drug-likeness (QED) is 0.676. The molecular weight excluding hydrogens is 371 g/mol. The zero-order valence-electron chi connectivity index (χ0n) is 15.3. The Bertz CT molecular complexity index is 814. The molecule has 1 aromatic heterocycles. The van der Waals surface area contributed by atoms with Crippen LogP contribution in [0.2, 0.25) is 10.0 Å². The highest BCUT2D eigenvalue weighted by molar-refractivity contribution is 6.36. The number of anilines is 2. The molecule has 1 unspecified atom stereocenters. The fraction of sp³-hybridized carbons (Fsp3) is 0.474. The van der Waals surface area contributed by atoms with E-state index in [-0.39, 0.29) is 5.91 Å². The first-order valence-electron chi connectivity index (χ1n) is 9.05. The summed E-state index contributed by atoms with van der Waals surface area (Å²) in [7, 11) is 1.64. The van der Waals surface area contributed by atoms with Crippen LogP contribution in [-0.2, 0) is 6.42 Å². The van der Waals surface area contributed by atoms with Crippen molar-refractivity contribution in [1.29, 1.82) is 0 Å². The van der Waals surface area contributed by atoms with E-state index < -0.39 is 0 Å². The lowest BCUT2D eigenvalue weighted by atomic mass is 10.1. The fourth-order valence-corrected chi connectivity index (χ4v) is 3.89. The molecule has 2 N–H and O–H groups in total. The highest BCUT2D eigenvalue weighted by Crippen LogP contribution is 2.44. The molecule has 1 saturated carbocycles. The zero-order valence-corrected chi connectivity index (χ0v) is 16.8. The monoisotopic (exact) mass is 394 g/mol. The molecule has 1 atom stereocenters. The van der Waals surface area contributed by atoms with Crippen LogP contribution in [0.1, 0.15) is 55.5 Å². The Labute approximate surface area is 164 Å². The van der Waals surface area contributed by atoms with E-state index in [2.05, 4.69) is 29.0 Å². The third-order valence-electron chi connectivity index (χ3n) is 4.84. The molecule has 5 nitrogen and oxygen atoms in total. The van der Waals surface area contributed by atoms with Crippen LogP contribution >= 0.6 is 23.2 Å². The number of aryl methyl sites for hydroxylation is 1. The van der Waals surface area contributed by atoms with Crippen LogP contribution in [0, 0.1) is 5.92 Å². The predicted molar refractivity (Wildman–Crippen MR) is 107 cm³/mol. The molecule has 0 saturated heterocycles. The van der Waals surface area contributed by atoms with Gasteiger partial charge in [-0.1, -0.05) is 37.0 Å². The molecule has 1 aliphatic carbocycles. The molecule has 0 radical (unpaired) electrons. The van der Waals surface area contributed by atoms with E-state index in [0.29, 0.717) is 39.2 Å². The second kappa shape index (κ2) is 7.89. The topological polar surface area (TPSA) is 59.0 Å². The number of amides is 1. The SMILES string of the molecule is CCc1nc(Nc2ccc(Cl)cc2Cl)c(C(=O)NC)n1C(CC)C1CC1. The van der Waals surface area contributed by atoms with E-state index >= 15 is 0 Å². The first-order chi connectivity index (χ1) is 12.5. The van der Waals surface area contributed by atoms with Crippen molar-refractivity contribution < 1.29 is 4.79 Å². The van der Waals surface area contributed by atoms with Gasteiger partial charge in [-0.15, -0.1) is 0 Å². The van der Waals surface area contributed by atoms with E-state index in [1.807, 2.05) is 0 Å². The third kappa shape index (κ3) is 3.69. The van der Waals surface area contributed by atoms with Crippen LogP contribution < -0.4 is 10.6 Å². The minimum atomic E-state index is -0.149. The van der Waals surface area contributed by atoms with Crippen LogP contribution in [0.3, 0.4) is 0 Å². The van der Waals surface area contributed by atoms with E-state index in [4.69, 9.17) is 28.2 Å². The first kappa shape index (κ1) is 19.1. The second-order valence-electron chi connectivity index (χ2n) is 6.59. The summed E-state index contributed by atoms with van der Waals surface area (Å²) in [6, 6.07) is 5.51. The number of hydrogen-bond acceptors (Lipinski definition) is 3. The Balaban J connectivity index is 2.09. The number of imidazole rings is 1. The molecule has 0 spiro atoms. The minimum Gasteiger partial charge on any atom is -0.354 e. The highest BCUT2D eigenvalue weighted by Gasteiger charge is 2.36. The van der Waals surface area contributed by atoms with Crippen LogP contribution in [-0.4, -0.2) is 22.5 Å². The standard InChI is InChI=1S/C19H24Cl2N4O/c1-4-15(11-6-7-11)25-16(5-2)24-18(17(25)19(26)22-3)23-14-9-8-12(20)10-13(14)21/h8-11,15,23H,4-7H2,1-3H3,(H,22,26). The molecular formula is C19H24Cl2N4O. The van der Waals surface area contributed by atoms with Crippen LogP contribution in [0.25, 0.3) is 0 Å². The fourth-order valence-electron chi connectivity index (χ4n) is 3.43. The van der Waals surface area contributed by atoms with E-state index in [1.165, 1.54) is 12.8 Å². The van der Waals surface area contributed by atoms with Crippen molar-refractivity contribution in [3.05, 3.63) is 39.8 Å². The summed E-state index contributed by atoms with van der Waals surface area (Å²) in [5.74, 6) is 1.92. The largest absolute Gasteiger partial charge is 0.354 e. The van der Waals surface area contributed by atoms with Crippen molar-refractivity contribution in [2.24, 2.45) is 5.92 Å². The Morgan fingerprint density at radius 1 is 1.35 bits per heavy atom. The highest BCUT2D eigenvalue weighted by atomic mass is 35.5. The van der Waals surface area contributed by atoms with Gasteiger partial charge in [0.05, 0.1) is 10.7 Å². The van der Waals surface area contributed by atoms with Crippen LogP contribution in [0.15, 0.2) is 18.2 Å². The Morgan fingerprint density at radius 3 is 2.62 bits per heavy atom. The van der Waals surface area contributed by atoms with Gasteiger partial charge in [0.25, 0.3) is 5.91 Å². The molecule has 1 aromatic carbocycles. The van der Waals surface area contributed by atoms with Gasteiger partial charge in [0, 0.05) is 24.5 Å². The minimum absolute atomic E-state index is 0.149. The maximum atomic E-state index is 12.7. The molecule has 1 amide bonds. The van der Waals surface area contributed by atoms with Crippen molar-refractivity contribution in [2.45, 2.75) is 45.6 Å². The Hall–Kier alpha value is -1.72. The average molecular weight is 395 g/mol. The maximum absolute atomic E-state index is 12.7. The lowest BCUT2D eigenvalue weighted by molar-refractivity contribution is 0.0951. The summed E-state index contributed by atoms with van der Waals surface area (Å²) >= 11 is 12.3. The summed E-state index contributed by atoms with van der Waals surface area (Å²) in [6.45, 7) is 4.23. The molecule has 1 aliphatic rings. The number of halogens is 2. The van der Waals surface area contributed by atoms with Gasteiger partial charge in [-0.3, -0.25) is 4.79 Å². The number of carbonyl (C=O) groups is 1. The molecule has 1 heterocycles. The number of benzene rings is 1. The van der Waals surface area contributed by atoms with Gasteiger partial charge >= 0.3 is 0 Å². The van der Waals surface area contributed by atoms with Crippen molar-refractivity contribution in [1.82, 2.24) is 14.9 Å². The Kier molecular flexibility index (Phi) is 5.78. The number of nitrogens with zero attached hydrogens (tertiary/aromatic N) is 2. The molecule has 3 rings (SSSR count). The van der Waals surface area contributed by atoms with E-state index in [9.17, 15) is 4.79 Å². The van der Waals surface area contributed by atoms with E-state index in [1.54, 1.807) is 25.2 Å². The van der Waals surface area contributed by atoms with Gasteiger partial charge in [0.15, 0.2) is 11.5 Å². The predicted octanol–water partition coefficient (Wildman–Crippen LogP) is 5.22. The molecule has 7 heteroatoms. The number of rotatable bonds is 7. The van der Waals surface area contributed by atoms with Crippen LogP contribution in [0.5, 0.6) is 0 Å². The zero-order chi connectivity index (χ0) is 18.8. The number of aromatic nitrogens is 2. The summed E-state index contributed by atoms with van der Waals surface area (Å²) < 4.78 is 2.13. The van der Waals surface area contributed by atoms with E-state index in [0.717, 1.165) is 18.7 Å². The van der Waals surface area contributed by atoms with Crippen molar-refractivity contribution in [3.63, 3.8) is 0 Å². The normalized spacial score (nSPS) is 15.0.